The summed E-state index contributed by atoms with van der Waals surface area (Å²) in [6.45, 7) is 8.74. The van der Waals surface area contributed by atoms with E-state index in [4.69, 9.17) is 10.5 Å². The highest BCUT2D eigenvalue weighted by molar-refractivity contribution is 5.42. The van der Waals surface area contributed by atoms with Gasteiger partial charge < -0.3 is 10.5 Å². The third-order valence-corrected chi connectivity index (χ3v) is 2.10. The van der Waals surface area contributed by atoms with Crippen molar-refractivity contribution < 1.29 is 4.74 Å². The van der Waals surface area contributed by atoms with Crippen LogP contribution in [0, 0.1) is 20.8 Å². The fourth-order valence-corrected chi connectivity index (χ4v) is 1.61. The molecule has 1 aromatic carbocycles. The second kappa shape index (κ2) is 5.76. The predicted octanol–water partition coefficient (Wildman–Crippen LogP) is 2.97. The molecule has 86 valence electrons. The summed E-state index contributed by atoms with van der Waals surface area (Å²) in [4.78, 5) is 0. The summed E-state index contributed by atoms with van der Waals surface area (Å²) in [6, 6.07) is 4.34. The summed E-state index contributed by atoms with van der Waals surface area (Å²) in [5.74, 6) is 0.980. The summed E-state index contributed by atoms with van der Waals surface area (Å²) in [5.41, 5.74) is 9.28. The average molecular weight is 209 g/mol. The first kappa shape index (κ1) is 14.0. The first-order valence-electron chi connectivity index (χ1n) is 4.97. The molecule has 0 aromatic heterocycles. The van der Waals surface area contributed by atoms with E-state index in [9.17, 15) is 0 Å². The molecule has 1 rings (SSSR count). The normalized spacial score (nSPS) is 11.8. The Hall–Kier alpha value is -1.02. The molecule has 1 aromatic rings. The molecule has 0 amide bonds. The fraction of sp³-hybridized carbons (Fsp3) is 0.538. The van der Waals surface area contributed by atoms with Gasteiger partial charge in [0.1, 0.15) is 12.4 Å². The van der Waals surface area contributed by atoms with Gasteiger partial charge in [-0.2, -0.15) is 0 Å². The molecule has 0 aliphatic heterocycles. The lowest BCUT2D eigenvalue weighted by molar-refractivity contribution is 0.292. The van der Waals surface area contributed by atoms with Gasteiger partial charge >= 0.3 is 0 Å². The number of hydrogen-bond donors (Lipinski definition) is 1. The standard InChI is InChI=1S/C12H19NO.CH4/c1-8-5-9(2)12(10(3)6-8)14-7-11(4)13;/h5-6,11H,7,13H2,1-4H3;1H4. The molecule has 0 spiro atoms. The Balaban J connectivity index is 0.00000196. The van der Waals surface area contributed by atoms with Crippen LogP contribution in [0.25, 0.3) is 0 Å². The number of benzene rings is 1. The molecule has 0 bridgehead atoms. The van der Waals surface area contributed by atoms with Crippen LogP contribution in [0.3, 0.4) is 0 Å². The van der Waals surface area contributed by atoms with E-state index in [1.54, 1.807) is 0 Å². The van der Waals surface area contributed by atoms with Gasteiger partial charge in [-0.1, -0.05) is 25.1 Å². The van der Waals surface area contributed by atoms with Crippen molar-refractivity contribution in [3.63, 3.8) is 0 Å². The van der Waals surface area contributed by atoms with Crippen LogP contribution < -0.4 is 10.5 Å². The zero-order chi connectivity index (χ0) is 10.7. The highest BCUT2D eigenvalue weighted by Crippen LogP contribution is 2.24. The summed E-state index contributed by atoms with van der Waals surface area (Å²) < 4.78 is 5.66. The Bertz CT molecular complexity index is 295. The molecule has 15 heavy (non-hydrogen) atoms. The molecule has 0 radical (unpaired) electrons. The van der Waals surface area contributed by atoms with Gasteiger partial charge in [-0.15, -0.1) is 0 Å². The lowest BCUT2D eigenvalue weighted by atomic mass is 10.1. The van der Waals surface area contributed by atoms with Gasteiger partial charge in [0.15, 0.2) is 0 Å². The molecule has 2 heteroatoms. The summed E-state index contributed by atoms with van der Waals surface area (Å²) in [6.07, 6.45) is 0. The number of aryl methyl sites for hydroxylation is 3. The van der Waals surface area contributed by atoms with Crippen molar-refractivity contribution in [2.24, 2.45) is 5.73 Å². The number of nitrogens with two attached hydrogens (primary N) is 1. The van der Waals surface area contributed by atoms with Gasteiger partial charge in [-0.3, -0.25) is 0 Å². The van der Waals surface area contributed by atoms with Crippen molar-refractivity contribution in [2.75, 3.05) is 6.61 Å². The molecule has 0 saturated heterocycles. The zero-order valence-electron chi connectivity index (χ0n) is 9.42. The Labute approximate surface area is 93.4 Å². The van der Waals surface area contributed by atoms with Gasteiger partial charge in [0.2, 0.25) is 0 Å². The van der Waals surface area contributed by atoms with Crippen molar-refractivity contribution in [1.29, 1.82) is 0 Å². The predicted molar refractivity (Wildman–Crippen MR) is 66.5 cm³/mol. The van der Waals surface area contributed by atoms with Crippen LogP contribution in [-0.2, 0) is 0 Å². The first-order chi connectivity index (χ1) is 6.50. The largest absolute Gasteiger partial charge is 0.491 e. The van der Waals surface area contributed by atoms with Crippen molar-refractivity contribution in [3.05, 3.63) is 28.8 Å². The van der Waals surface area contributed by atoms with Crippen molar-refractivity contribution in [3.8, 4) is 5.75 Å². The second-order valence-corrected chi connectivity index (χ2v) is 4.02. The van der Waals surface area contributed by atoms with E-state index < -0.39 is 0 Å². The molecule has 0 heterocycles. The van der Waals surface area contributed by atoms with Crippen LogP contribution in [0.5, 0.6) is 5.75 Å². The van der Waals surface area contributed by atoms with E-state index in [0.717, 1.165) is 5.75 Å². The number of rotatable bonds is 3. The lowest BCUT2D eigenvalue weighted by Gasteiger charge is -2.14. The van der Waals surface area contributed by atoms with E-state index in [2.05, 4.69) is 32.9 Å². The molecule has 0 aliphatic rings. The third-order valence-electron chi connectivity index (χ3n) is 2.10. The monoisotopic (exact) mass is 209 g/mol. The molecule has 1 atom stereocenters. The van der Waals surface area contributed by atoms with E-state index in [1.165, 1.54) is 16.7 Å². The minimum atomic E-state index is 0. The van der Waals surface area contributed by atoms with Crippen LogP contribution in [0.4, 0.5) is 0 Å². The SMILES string of the molecule is C.Cc1cc(C)c(OCC(C)N)c(C)c1. The maximum atomic E-state index is 5.66. The molecule has 0 aliphatic carbocycles. The lowest BCUT2D eigenvalue weighted by Crippen LogP contribution is -2.24. The highest BCUT2D eigenvalue weighted by Gasteiger charge is 2.05. The first-order valence-corrected chi connectivity index (χ1v) is 4.97. The molecular formula is C13H23NO. The third kappa shape index (κ3) is 3.92. The second-order valence-electron chi connectivity index (χ2n) is 4.02. The summed E-state index contributed by atoms with van der Waals surface area (Å²) >= 11 is 0. The van der Waals surface area contributed by atoms with Crippen LogP contribution in [0.15, 0.2) is 12.1 Å². The number of ether oxygens (including phenoxy) is 1. The van der Waals surface area contributed by atoms with E-state index in [1.807, 2.05) is 6.92 Å². The Kier molecular flexibility index (Phi) is 5.37. The summed E-state index contributed by atoms with van der Waals surface area (Å²) in [5, 5.41) is 0. The van der Waals surface area contributed by atoms with E-state index >= 15 is 0 Å². The van der Waals surface area contributed by atoms with Crippen molar-refractivity contribution in [2.45, 2.75) is 41.2 Å². The van der Waals surface area contributed by atoms with Gasteiger partial charge in [-0.25, -0.2) is 0 Å². The average Bonchev–Trinajstić information content (AvgIpc) is 2.01. The van der Waals surface area contributed by atoms with Gasteiger partial charge in [0.05, 0.1) is 0 Å². The molecule has 2 nitrogen and oxygen atoms in total. The van der Waals surface area contributed by atoms with Crippen LogP contribution >= 0.6 is 0 Å². The smallest absolute Gasteiger partial charge is 0.125 e. The molecule has 1 unspecified atom stereocenters. The highest BCUT2D eigenvalue weighted by atomic mass is 16.5. The fourth-order valence-electron chi connectivity index (χ4n) is 1.61. The topological polar surface area (TPSA) is 35.2 Å². The van der Waals surface area contributed by atoms with E-state index in [-0.39, 0.29) is 13.5 Å². The van der Waals surface area contributed by atoms with Crippen molar-refractivity contribution in [1.82, 2.24) is 0 Å². The Morgan fingerprint density at radius 1 is 1.20 bits per heavy atom. The molecule has 0 saturated carbocycles. The maximum Gasteiger partial charge on any atom is 0.125 e. The Morgan fingerprint density at radius 3 is 2.07 bits per heavy atom. The molecular weight excluding hydrogens is 186 g/mol. The van der Waals surface area contributed by atoms with Crippen molar-refractivity contribution >= 4 is 0 Å². The number of hydrogen-bond acceptors (Lipinski definition) is 2. The van der Waals surface area contributed by atoms with Crippen LogP contribution in [0.1, 0.15) is 31.0 Å². The zero-order valence-corrected chi connectivity index (χ0v) is 9.42. The summed E-state index contributed by atoms with van der Waals surface area (Å²) in [7, 11) is 0. The molecule has 2 N–H and O–H groups in total. The minimum absolute atomic E-state index is 0. The molecule has 0 fully saturated rings. The minimum Gasteiger partial charge on any atom is -0.491 e. The Morgan fingerprint density at radius 2 is 1.67 bits per heavy atom. The van der Waals surface area contributed by atoms with Crippen LogP contribution in [-0.4, -0.2) is 12.6 Å². The van der Waals surface area contributed by atoms with Gasteiger partial charge in [0, 0.05) is 6.04 Å². The van der Waals surface area contributed by atoms with Gasteiger partial charge in [0.25, 0.3) is 0 Å². The van der Waals surface area contributed by atoms with Crippen LogP contribution in [0.2, 0.25) is 0 Å². The quantitative estimate of drug-likeness (QED) is 0.830. The maximum absolute atomic E-state index is 5.66. The van der Waals surface area contributed by atoms with E-state index in [0.29, 0.717) is 6.61 Å². The van der Waals surface area contributed by atoms with Gasteiger partial charge in [-0.05, 0) is 38.8 Å².